The Morgan fingerprint density at radius 3 is 2.71 bits per heavy atom. The largest absolute Gasteiger partial charge is 0.454 e. The summed E-state index contributed by atoms with van der Waals surface area (Å²) in [7, 11) is 0. The van der Waals surface area contributed by atoms with Crippen LogP contribution in [0.1, 0.15) is 19.4 Å². The molecule has 1 saturated heterocycles. The van der Waals surface area contributed by atoms with E-state index in [1.165, 1.54) is 6.07 Å². The molecule has 180 valence electrons. The third-order valence-corrected chi connectivity index (χ3v) is 5.95. The average Bonchev–Trinajstić information content (AvgIpc) is 2.87. The van der Waals surface area contributed by atoms with Gasteiger partial charge in [0.15, 0.2) is 11.6 Å². The van der Waals surface area contributed by atoms with E-state index in [9.17, 15) is 9.18 Å². The molecule has 0 N–H and O–H groups in total. The molecule has 0 saturated carbocycles. The standard InChI is InChI=1S/C27H27FN4O3/c1-4-31-21(17-34-18-26(31)33)15-19-8-11-22(12-9-19)35-25-13-10-20(16-23(25)28)32(5-2)27-24(29-3)7-6-14-30-27/h6-14,16,21H,4-5,15,17-18H2,1-2H3. The Kier molecular flexibility index (Phi) is 7.58. The molecule has 1 aliphatic heterocycles. The minimum absolute atomic E-state index is 0.00184. The Labute approximate surface area is 204 Å². The molecule has 2 heterocycles. The van der Waals surface area contributed by atoms with Gasteiger partial charge in [-0.25, -0.2) is 9.24 Å². The minimum Gasteiger partial charge on any atom is -0.454 e. The zero-order valence-electron chi connectivity index (χ0n) is 19.8. The maximum Gasteiger partial charge on any atom is 0.248 e. The molecule has 0 radical (unpaired) electrons. The lowest BCUT2D eigenvalue weighted by molar-refractivity contribution is -0.147. The van der Waals surface area contributed by atoms with Gasteiger partial charge in [-0.2, -0.15) is 0 Å². The van der Waals surface area contributed by atoms with Crippen LogP contribution in [0, 0.1) is 12.4 Å². The lowest BCUT2D eigenvalue weighted by Crippen LogP contribution is -2.50. The summed E-state index contributed by atoms with van der Waals surface area (Å²) in [6.07, 6.45) is 2.29. The first-order valence-electron chi connectivity index (χ1n) is 11.6. The highest BCUT2D eigenvalue weighted by Gasteiger charge is 2.27. The van der Waals surface area contributed by atoms with Crippen LogP contribution < -0.4 is 9.64 Å². The second-order valence-corrected chi connectivity index (χ2v) is 8.12. The van der Waals surface area contributed by atoms with Crippen LogP contribution in [0.3, 0.4) is 0 Å². The molecule has 35 heavy (non-hydrogen) atoms. The molecule has 0 bridgehead atoms. The number of benzene rings is 2. The van der Waals surface area contributed by atoms with Gasteiger partial charge in [0.2, 0.25) is 11.6 Å². The molecule has 1 unspecified atom stereocenters. The fourth-order valence-electron chi connectivity index (χ4n) is 4.23. The van der Waals surface area contributed by atoms with E-state index in [-0.39, 0.29) is 24.3 Å². The summed E-state index contributed by atoms with van der Waals surface area (Å²) in [5, 5.41) is 0. The van der Waals surface area contributed by atoms with Gasteiger partial charge in [0.1, 0.15) is 18.2 Å². The van der Waals surface area contributed by atoms with E-state index in [1.54, 1.807) is 47.5 Å². The fourth-order valence-corrected chi connectivity index (χ4v) is 4.23. The van der Waals surface area contributed by atoms with Crippen LogP contribution in [0.4, 0.5) is 21.6 Å². The van der Waals surface area contributed by atoms with Crippen molar-refractivity contribution in [3.05, 3.63) is 83.6 Å². The number of pyridine rings is 1. The molecule has 1 aliphatic rings. The Balaban J connectivity index is 1.46. The summed E-state index contributed by atoms with van der Waals surface area (Å²) in [4.78, 5) is 23.5. The van der Waals surface area contributed by atoms with Crippen molar-refractivity contribution >= 4 is 23.1 Å². The lowest BCUT2D eigenvalue weighted by atomic mass is 10.0. The third kappa shape index (κ3) is 5.42. The average molecular weight is 475 g/mol. The van der Waals surface area contributed by atoms with Gasteiger partial charge in [0.25, 0.3) is 0 Å². The quantitative estimate of drug-likeness (QED) is 0.403. The lowest BCUT2D eigenvalue weighted by Gasteiger charge is -2.34. The number of nitrogens with zero attached hydrogens (tertiary/aromatic N) is 4. The number of carbonyl (C=O) groups excluding carboxylic acids is 1. The summed E-state index contributed by atoms with van der Waals surface area (Å²) in [6.45, 7) is 13.1. The molecular weight excluding hydrogens is 447 g/mol. The van der Waals surface area contributed by atoms with Gasteiger partial charge in [0.05, 0.1) is 19.2 Å². The molecule has 1 fully saturated rings. The maximum absolute atomic E-state index is 15.0. The fraction of sp³-hybridized carbons (Fsp3) is 0.296. The van der Waals surface area contributed by atoms with Gasteiger partial charge in [0, 0.05) is 31.0 Å². The molecule has 2 aromatic carbocycles. The molecular formula is C27H27FN4O3. The third-order valence-electron chi connectivity index (χ3n) is 5.95. The van der Waals surface area contributed by atoms with Crippen molar-refractivity contribution in [2.24, 2.45) is 0 Å². The normalized spacial score (nSPS) is 15.5. The van der Waals surface area contributed by atoms with Crippen molar-refractivity contribution in [2.45, 2.75) is 26.3 Å². The van der Waals surface area contributed by atoms with E-state index in [4.69, 9.17) is 16.0 Å². The number of hydrogen-bond donors (Lipinski definition) is 0. The molecule has 0 aliphatic carbocycles. The van der Waals surface area contributed by atoms with E-state index in [1.807, 2.05) is 30.9 Å². The predicted octanol–water partition coefficient (Wildman–Crippen LogP) is 5.51. The van der Waals surface area contributed by atoms with E-state index in [0.717, 1.165) is 5.56 Å². The highest BCUT2D eigenvalue weighted by Crippen LogP contribution is 2.34. The van der Waals surface area contributed by atoms with E-state index < -0.39 is 5.82 Å². The Hall–Kier alpha value is -3.96. The number of halogens is 1. The smallest absolute Gasteiger partial charge is 0.248 e. The van der Waals surface area contributed by atoms with Crippen LogP contribution in [0.2, 0.25) is 0 Å². The maximum atomic E-state index is 15.0. The zero-order chi connectivity index (χ0) is 24.8. The number of morpholine rings is 1. The van der Waals surface area contributed by atoms with Gasteiger partial charge < -0.3 is 19.3 Å². The molecule has 3 aromatic rings. The molecule has 4 rings (SSSR count). The molecule has 0 spiro atoms. The van der Waals surface area contributed by atoms with Crippen LogP contribution in [0.25, 0.3) is 4.85 Å². The monoisotopic (exact) mass is 474 g/mol. The Morgan fingerprint density at radius 2 is 2.03 bits per heavy atom. The number of aromatic nitrogens is 1. The number of carbonyl (C=O) groups is 1. The van der Waals surface area contributed by atoms with E-state index >= 15 is 0 Å². The first-order valence-corrected chi connectivity index (χ1v) is 11.6. The molecule has 1 amide bonds. The first-order chi connectivity index (χ1) is 17.0. The number of rotatable bonds is 8. The van der Waals surface area contributed by atoms with Crippen LogP contribution in [-0.2, 0) is 16.0 Å². The highest BCUT2D eigenvalue weighted by atomic mass is 19.1. The zero-order valence-corrected chi connectivity index (χ0v) is 19.8. The minimum atomic E-state index is -0.512. The van der Waals surface area contributed by atoms with Gasteiger partial charge in [-0.05, 0) is 50.1 Å². The van der Waals surface area contributed by atoms with Crippen LogP contribution in [0.5, 0.6) is 11.5 Å². The summed E-state index contributed by atoms with van der Waals surface area (Å²) < 4.78 is 26.2. The van der Waals surface area contributed by atoms with Gasteiger partial charge in [-0.1, -0.05) is 24.3 Å². The SMILES string of the molecule is [C-]#[N+]c1cccnc1N(CC)c1ccc(Oc2ccc(CC3COCC(=O)N3CC)cc2)c(F)c1. The number of anilines is 2. The molecule has 1 aromatic heterocycles. The predicted molar refractivity (Wildman–Crippen MR) is 132 cm³/mol. The summed E-state index contributed by atoms with van der Waals surface area (Å²) in [5.74, 6) is 0.600. The van der Waals surface area contributed by atoms with Crippen LogP contribution >= 0.6 is 0 Å². The molecule has 8 heteroatoms. The number of likely N-dealkylation sites (N-methyl/N-ethyl adjacent to an activating group) is 1. The number of amides is 1. The number of hydrogen-bond acceptors (Lipinski definition) is 5. The second-order valence-electron chi connectivity index (χ2n) is 8.12. The first kappa shape index (κ1) is 24.2. The van der Waals surface area contributed by atoms with E-state index in [0.29, 0.717) is 49.1 Å². The molecule has 7 nitrogen and oxygen atoms in total. The second kappa shape index (κ2) is 11.0. The van der Waals surface area contributed by atoms with Crippen LogP contribution in [-0.4, -0.2) is 48.1 Å². The summed E-state index contributed by atoms with van der Waals surface area (Å²) >= 11 is 0. The topological polar surface area (TPSA) is 59.3 Å². The van der Waals surface area contributed by atoms with Crippen molar-refractivity contribution in [2.75, 3.05) is 31.2 Å². The Morgan fingerprint density at radius 1 is 1.23 bits per heavy atom. The summed E-state index contributed by atoms with van der Waals surface area (Å²) in [6, 6.07) is 15.5. The summed E-state index contributed by atoms with van der Waals surface area (Å²) in [5.41, 5.74) is 2.03. The van der Waals surface area contributed by atoms with Gasteiger partial charge in [-0.15, -0.1) is 0 Å². The van der Waals surface area contributed by atoms with Crippen molar-refractivity contribution in [3.8, 4) is 11.5 Å². The van der Waals surface area contributed by atoms with Gasteiger partial charge in [-0.3, -0.25) is 9.78 Å². The van der Waals surface area contributed by atoms with Crippen LogP contribution in [0.15, 0.2) is 60.8 Å². The van der Waals surface area contributed by atoms with Crippen molar-refractivity contribution in [1.29, 1.82) is 0 Å². The number of ether oxygens (including phenoxy) is 2. The van der Waals surface area contributed by atoms with Gasteiger partial charge >= 0.3 is 0 Å². The highest BCUT2D eigenvalue weighted by molar-refractivity contribution is 5.78. The van der Waals surface area contributed by atoms with Crippen molar-refractivity contribution in [1.82, 2.24) is 9.88 Å². The Bertz CT molecular complexity index is 1230. The van der Waals surface area contributed by atoms with E-state index in [2.05, 4.69) is 9.83 Å². The van der Waals surface area contributed by atoms with Crippen molar-refractivity contribution < 1.29 is 18.7 Å². The van der Waals surface area contributed by atoms with Crippen molar-refractivity contribution in [3.63, 3.8) is 0 Å². The molecule has 1 atom stereocenters.